The molecule has 1 unspecified atom stereocenters. The minimum absolute atomic E-state index is 0.169. The molecule has 68 valence electrons. The molecule has 2 bridgehead atoms. The van der Waals surface area contributed by atoms with Crippen molar-refractivity contribution in [1.82, 2.24) is 0 Å². The van der Waals surface area contributed by atoms with Crippen LogP contribution < -0.4 is 0 Å². The first kappa shape index (κ1) is 7.30. The number of carbonyl (C=O) groups is 2. The second-order valence-electron chi connectivity index (χ2n) is 4.19. The summed E-state index contributed by atoms with van der Waals surface area (Å²) >= 11 is 0. The molecule has 0 aromatic heterocycles. The van der Waals surface area contributed by atoms with Gasteiger partial charge in [-0.1, -0.05) is 19.1 Å². The molecule has 0 radical (unpaired) electrons. The van der Waals surface area contributed by atoms with Crippen molar-refractivity contribution in [3.63, 3.8) is 0 Å². The van der Waals surface area contributed by atoms with Gasteiger partial charge in [-0.15, -0.1) is 0 Å². The van der Waals surface area contributed by atoms with Crippen molar-refractivity contribution in [2.45, 2.75) is 6.92 Å². The Morgan fingerprint density at radius 3 is 2.00 bits per heavy atom. The van der Waals surface area contributed by atoms with E-state index in [1.807, 2.05) is 0 Å². The van der Waals surface area contributed by atoms with E-state index >= 15 is 0 Å². The van der Waals surface area contributed by atoms with E-state index in [-0.39, 0.29) is 35.6 Å². The van der Waals surface area contributed by atoms with Crippen LogP contribution in [0.4, 0.5) is 0 Å². The summed E-state index contributed by atoms with van der Waals surface area (Å²) in [6.07, 6.45) is 4.13. The van der Waals surface area contributed by atoms with Gasteiger partial charge < -0.3 is 4.74 Å². The maximum Gasteiger partial charge on any atom is 0.318 e. The van der Waals surface area contributed by atoms with Crippen LogP contribution in [-0.4, -0.2) is 11.9 Å². The van der Waals surface area contributed by atoms with Gasteiger partial charge in [-0.2, -0.15) is 0 Å². The molecule has 3 rings (SSSR count). The predicted octanol–water partition coefficient (Wildman–Crippen LogP) is 0.754. The van der Waals surface area contributed by atoms with Crippen molar-refractivity contribution in [2.75, 3.05) is 0 Å². The first-order chi connectivity index (χ1) is 6.20. The highest BCUT2D eigenvalue weighted by molar-refractivity contribution is 5.98. The van der Waals surface area contributed by atoms with E-state index in [1.54, 1.807) is 0 Å². The van der Waals surface area contributed by atoms with Gasteiger partial charge in [0.15, 0.2) is 0 Å². The number of allylic oxidation sites excluding steroid dienone is 2. The molecule has 0 N–H and O–H groups in total. The highest BCUT2D eigenvalue weighted by atomic mass is 16.6. The Morgan fingerprint density at radius 1 is 1.08 bits per heavy atom. The lowest BCUT2D eigenvalue weighted by Gasteiger charge is -2.12. The summed E-state index contributed by atoms with van der Waals surface area (Å²) in [5.74, 6) is -0.0258. The normalized spacial score (nSPS) is 51.3. The number of esters is 2. The molecule has 1 saturated heterocycles. The van der Waals surface area contributed by atoms with Gasteiger partial charge in [-0.25, -0.2) is 0 Å². The molecule has 13 heavy (non-hydrogen) atoms. The summed E-state index contributed by atoms with van der Waals surface area (Å²) in [5, 5.41) is 0. The van der Waals surface area contributed by atoms with Crippen LogP contribution in [0.15, 0.2) is 12.2 Å². The third-order valence-corrected chi connectivity index (χ3v) is 3.73. The number of fused-ring (bicyclic) bond motifs is 5. The molecule has 2 aliphatic carbocycles. The van der Waals surface area contributed by atoms with E-state index in [4.69, 9.17) is 0 Å². The molecule has 2 fully saturated rings. The van der Waals surface area contributed by atoms with Gasteiger partial charge in [0, 0.05) is 0 Å². The predicted molar refractivity (Wildman–Crippen MR) is 43.4 cm³/mol. The molecule has 1 saturated carbocycles. The van der Waals surface area contributed by atoms with Crippen LogP contribution in [0.3, 0.4) is 0 Å². The minimum atomic E-state index is -0.307. The minimum Gasteiger partial charge on any atom is -0.393 e. The maximum atomic E-state index is 11.3. The van der Waals surface area contributed by atoms with E-state index in [1.165, 1.54) is 0 Å². The van der Waals surface area contributed by atoms with E-state index in [2.05, 4.69) is 23.8 Å². The van der Waals surface area contributed by atoms with E-state index in [0.29, 0.717) is 5.92 Å². The van der Waals surface area contributed by atoms with Crippen LogP contribution in [0.1, 0.15) is 6.92 Å². The molecule has 3 heteroatoms. The highest BCUT2D eigenvalue weighted by Crippen LogP contribution is 2.55. The monoisotopic (exact) mass is 178 g/mol. The van der Waals surface area contributed by atoms with Crippen molar-refractivity contribution in [3.05, 3.63) is 12.2 Å². The van der Waals surface area contributed by atoms with E-state index in [0.717, 1.165) is 0 Å². The lowest BCUT2D eigenvalue weighted by molar-refractivity contribution is -0.155. The number of cyclic esters (lactones) is 2. The third-order valence-electron chi connectivity index (χ3n) is 3.73. The van der Waals surface area contributed by atoms with Gasteiger partial charge in [0.1, 0.15) is 0 Å². The maximum absolute atomic E-state index is 11.3. The van der Waals surface area contributed by atoms with Crippen LogP contribution in [0.2, 0.25) is 0 Å². The van der Waals surface area contributed by atoms with Crippen molar-refractivity contribution in [2.24, 2.45) is 29.6 Å². The fourth-order valence-corrected chi connectivity index (χ4v) is 3.08. The quantitative estimate of drug-likeness (QED) is 0.312. The highest BCUT2D eigenvalue weighted by Gasteiger charge is 2.61. The molecule has 1 heterocycles. The Labute approximate surface area is 75.8 Å². The van der Waals surface area contributed by atoms with Gasteiger partial charge in [-0.3, -0.25) is 9.59 Å². The second-order valence-corrected chi connectivity index (χ2v) is 4.19. The molecular formula is C10H10O3. The topological polar surface area (TPSA) is 43.4 Å². The van der Waals surface area contributed by atoms with Crippen LogP contribution in [0.5, 0.6) is 0 Å². The van der Waals surface area contributed by atoms with E-state index in [9.17, 15) is 9.59 Å². The standard InChI is InChI=1S/C10H10O3/c1-4-5-2-3-6(4)8-7(5)9(11)13-10(8)12/h2-8H,1H3/t4?,5-,6+,7+,8-. The Balaban J connectivity index is 2.09. The summed E-state index contributed by atoms with van der Waals surface area (Å²) in [7, 11) is 0. The molecule has 1 aliphatic heterocycles. The molecule has 0 aromatic rings. The average Bonchev–Trinajstić information content (AvgIpc) is 2.67. The summed E-state index contributed by atoms with van der Waals surface area (Å²) in [5.41, 5.74) is 0. The molecule has 3 aliphatic rings. The van der Waals surface area contributed by atoms with Crippen molar-refractivity contribution >= 4 is 11.9 Å². The van der Waals surface area contributed by atoms with Crippen LogP contribution in [0, 0.1) is 29.6 Å². The van der Waals surface area contributed by atoms with Crippen molar-refractivity contribution in [3.8, 4) is 0 Å². The fraction of sp³-hybridized carbons (Fsp3) is 0.600. The second kappa shape index (κ2) is 2.03. The largest absolute Gasteiger partial charge is 0.393 e. The van der Waals surface area contributed by atoms with Crippen molar-refractivity contribution in [1.29, 1.82) is 0 Å². The Morgan fingerprint density at radius 2 is 1.54 bits per heavy atom. The van der Waals surface area contributed by atoms with Gasteiger partial charge in [0.25, 0.3) is 0 Å². The molecule has 0 aromatic carbocycles. The summed E-state index contributed by atoms with van der Waals surface area (Å²) in [6.45, 7) is 2.11. The van der Waals surface area contributed by atoms with Gasteiger partial charge in [-0.05, 0) is 17.8 Å². The van der Waals surface area contributed by atoms with Crippen LogP contribution in [0.25, 0.3) is 0 Å². The summed E-state index contributed by atoms with van der Waals surface area (Å²) in [6, 6.07) is 0. The smallest absolute Gasteiger partial charge is 0.318 e. The zero-order valence-electron chi connectivity index (χ0n) is 7.27. The first-order valence-corrected chi connectivity index (χ1v) is 4.64. The first-order valence-electron chi connectivity index (χ1n) is 4.64. The molecule has 0 amide bonds. The number of ether oxygens (including phenoxy) is 1. The van der Waals surface area contributed by atoms with Crippen molar-refractivity contribution < 1.29 is 14.3 Å². The lowest BCUT2D eigenvalue weighted by Crippen LogP contribution is -2.21. The van der Waals surface area contributed by atoms with E-state index < -0.39 is 0 Å². The average molecular weight is 178 g/mol. The molecule has 0 spiro atoms. The lowest BCUT2D eigenvalue weighted by atomic mass is 9.85. The van der Waals surface area contributed by atoms with Crippen LogP contribution >= 0.6 is 0 Å². The Kier molecular flexibility index (Phi) is 1.14. The SMILES string of the molecule is CC1[C@H]2C=C[C@@H]1[C@H]1C(=O)OC(=O)[C@H]12. The fourth-order valence-electron chi connectivity index (χ4n) is 3.08. The van der Waals surface area contributed by atoms with Gasteiger partial charge >= 0.3 is 11.9 Å². The zero-order valence-corrected chi connectivity index (χ0v) is 7.27. The van der Waals surface area contributed by atoms with Crippen LogP contribution in [-0.2, 0) is 14.3 Å². The van der Waals surface area contributed by atoms with Gasteiger partial charge in [0.2, 0.25) is 0 Å². The number of hydrogen-bond acceptors (Lipinski definition) is 3. The number of carbonyl (C=O) groups excluding carboxylic acids is 2. The summed E-state index contributed by atoms with van der Waals surface area (Å²) < 4.78 is 4.64. The number of hydrogen-bond donors (Lipinski definition) is 0. The Hall–Kier alpha value is -1.12. The molecule has 5 atom stereocenters. The third kappa shape index (κ3) is 0.666. The molecular weight excluding hydrogens is 168 g/mol. The zero-order chi connectivity index (χ0) is 9.16. The Bertz CT molecular complexity index is 301. The number of rotatable bonds is 0. The summed E-state index contributed by atoms with van der Waals surface area (Å²) in [4.78, 5) is 22.6. The molecule has 3 nitrogen and oxygen atoms in total. The van der Waals surface area contributed by atoms with Gasteiger partial charge in [0.05, 0.1) is 11.8 Å².